The van der Waals surface area contributed by atoms with Gasteiger partial charge in [0.1, 0.15) is 19.1 Å². The molecule has 7 nitrogen and oxygen atoms in total. The van der Waals surface area contributed by atoms with Crippen molar-refractivity contribution in [3.8, 4) is 0 Å². The zero-order valence-electron chi connectivity index (χ0n) is 13.7. The molecule has 0 aliphatic heterocycles. The molecule has 0 aromatic carbocycles. The normalized spacial score (nSPS) is 12.9. The molecule has 0 aromatic heterocycles. The van der Waals surface area contributed by atoms with Crippen LogP contribution in [0.25, 0.3) is 0 Å². The molecule has 8 heteroatoms. The van der Waals surface area contributed by atoms with E-state index in [-0.39, 0.29) is 5.97 Å². The quantitative estimate of drug-likeness (QED) is 0.233. The summed E-state index contributed by atoms with van der Waals surface area (Å²) in [5.74, 6) is -0.293. The number of hydrogen-bond donors (Lipinski definition) is 0. The summed E-state index contributed by atoms with van der Waals surface area (Å²) < 4.78 is 31.4. The Kier molecular flexibility index (Phi) is 10.5. The molecule has 21 heavy (non-hydrogen) atoms. The molecular weight excluding hydrogens is 298 g/mol. The maximum atomic E-state index is 11.6. The van der Waals surface area contributed by atoms with Crippen molar-refractivity contribution in [1.82, 2.24) is 0 Å². The highest BCUT2D eigenvalue weighted by molar-refractivity contribution is 7.80. The Hall–Kier alpha value is -0.960. The van der Waals surface area contributed by atoms with Crippen LogP contribution < -0.4 is 0 Å². The predicted molar refractivity (Wildman–Crippen MR) is 78.7 cm³/mol. The van der Waals surface area contributed by atoms with Crippen LogP contribution >= 0.6 is 0 Å². The third-order valence-electron chi connectivity index (χ3n) is 3.28. The summed E-state index contributed by atoms with van der Waals surface area (Å²) in [5, 5.41) is 0. The molecular formula is C13H27NO6S. The highest BCUT2D eigenvalue weighted by Gasteiger charge is 2.35. The Balaban J connectivity index is 0. The van der Waals surface area contributed by atoms with E-state index in [0.717, 1.165) is 26.6 Å². The first-order valence-corrected chi connectivity index (χ1v) is 8.10. The summed E-state index contributed by atoms with van der Waals surface area (Å²) in [4.78, 5) is 17.1. The minimum atomic E-state index is -4.41. The van der Waals surface area contributed by atoms with Crippen LogP contribution in [0.3, 0.4) is 0 Å². The lowest BCUT2D eigenvalue weighted by atomic mass is 10.2. The zero-order valence-corrected chi connectivity index (χ0v) is 14.5. The summed E-state index contributed by atoms with van der Waals surface area (Å²) >= 11 is 0. The van der Waals surface area contributed by atoms with Gasteiger partial charge in [-0.05, 0) is 27.7 Å². The van der Waals surface area contributed by atoms with E-state index in [4.69, 9.17) is 4.84 Å². The van der Waals surface area contributed by atoms with Gasteiger partial charge in [0.05, 0.1) is 7.11 Å². The van der Waals surface area contributed by atoms with Crippen LogP contribution in [0.1, 0.15) is 41.0 Å². The molecule has 0 heterocycles. The maximum Gasteiger partial charge on any atom is 0.392 e. The summed E-state index contributed by atoms with van der Waals surface area (Å²) in [6.45, 7) is 15.2. The van der Waals surface area contributed by atoms with Gasteiger partial charge in [0.25, 0.3) is 0 Å². The standard InChI is InChI=1S/C12H24NO2.CH4O4S/c1-7-11(6)13(8-2,9-3)15-12(14)10(4)5;1-5-6(2,3)4/h11H,4,7-9H2,1-3,5-6H3;1H3,(H,2,3,4)/q+1;/p-1. The molecule has 0 rings (SSSR count). The zero-order chi connectivity index (χ0) is 17.3. The Labute approximate surface area is 128 Å². The second-order valence-electron chi connectivity index (χ2n) is 4.58. The third kappa shape index (κ3) is 8.82. The van der Waals surface area contributed by atoms with Gasteiger partial charge in [-0.25, -0.2) is 13.2 Å². The van der Waals surface area contributed by atoms with Crippen molar-refractivity contribution in [2.75, 3.05) is 20.2 Å². The minimum absolute atomic E-state index is 0.293. The van der Waals surface area contributed by atoms with E-state index in [1.54, 1.807) is 6.92 Å². The molecule has 0 aliphatic carbocycles. The molecule has 1 atom stereocenters. The van der Waals surface area contributed by atoms with Crippen LogP contribution in [0.5, 0.6) is 0 Å². The monoisotopic (exact) mass is 325 g/mol. The molecule has 0 bridgehead atoms. The lowest BCUT2D eigenvalue weighted by Crippen LogP contribution is -2.54. The molecule has 0 spiro atoms. The number of quaternary nitrogens is 1. The van der Waals surface area contributed by atoms with Crippen LogP contribution in [0.4, 0.5) is 0 Å². The second kappa shape index (κ2) is 9.88. The first kappa shape index (κ1) is 22.3. The van der Waals surface area contributed by atoms with Gasteiger partial charge in [0.15, 0.2) is 0 Å². The highest BCUT2D eigenvalue weighted by Crippen LogP contribution is 2.18. The maximum absolute atomic E-state index is 11.6. The first-order chi connectivity index (χ1) is 9.49. The van der Waals surface area contributed by atoms with Gasteiger partial charge < -0.3 is 4.55 Å². The minimum Gasteiger partial charge on any atom is -0.726 e. The van der Waals surface area contributed by atoms with Gasteiger partial charge in [0.2, 0.25) is 10.4 Å². The van der Waals surface area contributed by atoms with E-state index in [1.165, 1.54) is 0 Å². The van der Waals surface area contributed by atoms with Gasteiger partial charge in [-0.2, -0.15) is 0 Å². The van der Waals surface area contributed by atoms with Crippen LogP contribution in [0.15, 0.2) is 12.2 Å². The SMILES string of the molecule is C=C(C)C(=O)O[N+](CC)(CC)C(C)CC.COS(=O)(=O)[O-]. The lowest BCUT2D eigenvalue weighted by Gasteiger charge is -2.37. The fourth-order valence-corrected chi connectivity index (χ4v) is 1.64. The van der Waals surface area contributed by atoms with Crippen molar-refractivity contribution in [3.63, 3.8) is 0 Å². The van der Waals surface area contributed by atoms with Gasteiger partial charge in [0, 0.05) is 12.0 Å². The van der Waals surface area contributed by atoms with E-state index in [2.05, 4.69) is 24.6 Å². The van der Waals surface area contributed by atoms with E-state index in [1.807, 2.05) is 13.8 Å². The second-order valence-corrected chi connectivity index (χ2v) is 5.73. The number of nitrogens with zero attached hydrogens (tertiary/aromatic N) is 1. The van der Waals surface area contributed by atoms with Gasteiger partial charge >= 0.3 is 5.97 Å². The smallest absolute Gasteiger partial charge is 0.392 e. The number of carbonyl (C=O) groups excluding carboxylic acids is 1. The Morgan fingerprint density at radius 1 is 1.29 bits per heavy atom. The van der Waals surface area contributed by atoms with Crippen LogP contribution in [-0.2, 0) is 24.2 Å². The van der Waals surface area contributed by atoms with Crippen molar-refractivity contribution >= 4 is 16.4 Å². The molecule has 0 saturated carbocycles. The van der Waals surface area contributed by atoms with Gasteiger partial charge in [-0.1, -0.05) is 13.5 Å². The summed E-state index contributed by atoms with van der Waals surface area (Å²) in [6.07, 6.45) is 0.991. The summed E-state index contributed by atoms with van der Waals surface area (Å²) in [6, 6.07) is 0.322. The van der Waals surface area contributed by atoms with Crippen molar-refractivity contribution in [2.24, 2.45) is 0 Å². The van der Waals surface area contributed by atoms with Crippen molar-refractivity contribution in [1.29, 1.82) is 0 Å². The van der Waals surface area contributed by atoms with E-state index >= 15 is 0 Å². The van der Waals surface area contributed by atoms with E-state index in [9.17, 15) is 17.8 Å². The Morgan fingerprint density at radius 3 is 1.86 bits per heavy atom. The van der Waals surface area contributed by atoms with Gasteiger partial charge in [-0.15, -0.1) is 4.65 Å². The van der Waals surface area contributed by atoms with E-state index in [0.29, 0.717) is 16.3 Å². The molecule has 0 aromatic rings. The number of rotatable bonds is 7. The van der Waals surface area contributed by atoms with Crippen molar-refractivity contribution in [3.05, 3.63) is 12.2 Å². The predicted octanol–water partition coefficient (Wildman–Crippen LogP) is 1.77. The molecule has 126 valence electrons. The fourth-order valence-electron chi connectivity index (χ4n) is 1.64. The average Bonchev–Trinajstić information content (AvgIpc) is 2.43. The molecule has 0 amide bonds. The highest BCUT2D eigenvalue weighted by atomic mass is 32.3. The molecule has 0 saturated heterocycles. The summed E-state index contributed by atoms with van der Waals surface area (Å²) in [5.41, 5.74) is 0.461. The largest absolute Gasteiger partial charge is 0.726 e. The molecule has 0 aliphatic rings. The fraction of sp³-hybridized carbons (Fsp3) is 0.769. The van der Waals surface area contributed by atoms with E-state index < -0.39 is 10.4 Å². The molecule has 0 N–H and O–H groups in total. The topological polar surface area (TPSA) is 92.7 Å². The average molecular weight is 325 g/mol. The molecule has 0 radical (unpaired) electrons. The van der Waals surface area contributed by atoms with Gasteiger partial charge in [-0.3, -0.25) is 9.02 Å². The molecule has 1 unspecified atom stereocenters. The Morgan fingerprint density at radius 2 is 1.67 bits per heavy atom. The van der Waals surface area contributed by atoms with Crippen LogP contribution in [0, 0.1) is 0 Å². The number of hydroxylamine groups is 3. The third-order valence-corrected chi connectivity index (χ3v) is 3.69. The number of carbonyl (C=O) groups is 1. The van der Waals surface area contributed by atoms with Crippen LogP contribution in [0.2, 0.25) is 0 Å². The van der Waals surface area contributed by atoms with Crippen molar-refractivity contribution < 1.29 is 31.4 Å². The van der Waals surface area contributed by atoms with Crippen LogP contribution in [-0.4, -0.2) is 49.8 Å². The summed E-state index contributed by atoms with van der Waals surface area (Å²) in [7, 11) is -3.60. The lowest BCUT2D eigenvalue weighted by molar-refractivity contribution is -1.10. The molecule has 0 fully saturated rings. The first-order valence-electron chi connectivity index (χ1n) is 6.77. The Bertz CT molecular complexity index is 428. The number of hydrogen-bond acceptors (Lipinski definition) is 6. The van der Waals surface area contributed by atoms with Crippen molar-refractivity contribution in [2.45, 2.75) is 47.1 Å².